The number of carbonyl (C=O) groups is 1. The van der Waals surface area contributed by atoms with Crippen molar-refractivity contribution in [2.45, 2.75) is 32.6 Å². The zero-order valence-corrected chi connectivity index (χ0v) is 10.3. The molecule has 15 heavy (non-hydrogen) atoms. The quantitative estimate of drug-likeness (QED) is 0.914. The van der Waals surface area contributed by atoms with E-state index in [0.717, 1.165) is 22.4 Å². The molecule has 0 saturated heterocycles. The fourth-order valence-corrected chi connectivity index (χ4v) is 1.87. The van der Waals surface area contributed by atoms with Crippen LogP contribution in [0.15, 0.2) is 10.7 Å². The smallest absolute Gasteiger partial charge is 0.304 e. The van der Waals surface area contributed by atoms with Crippen LogP contribution in [0.5, 0.6) is 0 Å². The van der Waals surface area contributed by atoms with Gasteiger partial charge in [0, 0.05) is 18.5 Å². The Kier molecular flexibility index (Phi) is 4.20. The third-order valence-electron chi connectivity index (χ3n) is 2.08. The number of carboxylic acid groups (broad SMARTS) is 1. The Bertz CT molecular complexity index is 368. The average molecular weight is 273 g/mol. The maximum Gasteiger partial charge on any atom is 0.304 e. The summed E-state index contributed by atoms with van der Waals surface area (Å²) in [7, 11) is 0. The van der Waals surface area contributed by atoms with Crippen LogP contribution in [-0.4, -0.2) is 21.0 Å². The molecule has 0 aliphatic carbocycles. The molecule has 1 rings (SSSR count). The van der Waals surface area contributed by atoms with E-state index in [1.165, 1.54) is 0 Å². The predicted molar refractivity (Wildman–Crippen MR) is 59.8 cm³/mol. The number of aryl methyl sites for hydroxylation is 1. The van der Waals surface area contributed by atoms with Crippen LogP contribution in [0.2, 0.25) is 0 Å². The van der Waals surface area contributed by atoms with Crippen LogP contribution in [0.3, 0.4) is 0 Å². The van der Waals surface area contributed by atoms with Gasteiger partial charge in [0.1, 0.15) is 5.82 Å². The highest BCUT2D eigenvalue weighted by molar-refractivity contribution is 9.10. The molecule has 0 aromatic carbocycles. The van der Waals surface area contributed by atoms with Crippen LogP contribution in [0.1, 0.15) is 37.7 Å². The minimum atomic E-state index is -0.814. The molecule has 0 aliphatic rings. The Morgan fingerprint density at radius 3 is 2.87 bits per heavy atom. The molecule has 0 amide bonds. The highest BCUT2D eigenvalue weighted by Crippen LogP contribution is 2.24. The van der Waals surface area contributed by atoms with Gasteiger partial charge >= 0.3 is 5.97 Å². The van der Waals surface area contributed by atoms with Crippen LogP contribution in [0, 0.1) is 0 Å². The monoisotopic (exact) mass is 272 g/mol. The van der Waals surface area contributed by atoms with E-state index >= 15 is 0 Å². The maximum atomic E-state index is 10.6. The Balaban J connectivity index is 2.95. The summed E-state index contributed by atoms with van der Waals surface area (Å²) in [5, 5.41) is 8.70. The minimum Gasteiger partial charge on any atom is -0.481 e. The van der Waals surface area contributed by atoms with E-state index in [9.17, 15) is 4.79 Å². The second-order valence-corrected chi connectivity index (χ2v) is 4.23. The van der Waals surface area contributed by atoms with Gasteiger partial charge in [-0.15, -0.1) is 0 Å². The number of hydrogen-bond donors (Lipinski definition) is 1. The molecular formula is C10H13BrN2O2. The first-order valence-electron chi connectivity index (χ1n) is 4.77. The van der Waals surface area contributed by atoms with Crippen LogP contribution in [0.4, 0.5) is 0 Å². The number of halogens is 1. The minimum absolute atomic E-state index is 0.0821. The number of rotatable bonds is 4. The maximum absolute atomic E-state index is 10.6. The van der Waals surface area contributed by atoms with Crippen molar-refractivity contribution < 1.29 is 9.90 Å². The Labute approximate surface area is 96.9 Å². The highest BCUT2D eigenvalue weighted by atomic mass is 79.9. The molecule has 0 aliphatic heterocycles. The number of carboxylic acids is 1. The summed E-state index contributed by atoms with van der Waals surface area (Å²) in [6, 6.07) is 0. The molecule has 1 atom stereocenters. The summed E-state index contributed by atoms with van der Waals surface area (Å²) < 4.78 is 0.772. The predicted octanol–water partition coefficient (Wildman–Crippen LogP) is 2.38. The van der Waals surface area contributed by atoms with Gasteiger partial charge in [0.25, 0.3) is 0 Å². The molecule has 1 aromatic rings. The largest absolute Gasteiger partial charge is 0.481 e. The molecule has 0 fully saturated rings. The number of hydrogen-bond acceptors (Lipinski definition) is 3. The summed E-state index contributed by atoms with van der Waals surface area (Å²) in [6.45, 7) is 3.82. The van der Waals surface area contributed by atoms with Gasteiger partial charge in [-0.25, -0.2) is 9.97 Å². The zero-order valence-electron chi connectivity index (χ0n) is 8.70. The summed E-state index contributed by atoms with van der Waals surface area (Å²) in [4.78, 5) is 19.0. The van der Waals surface area contributed by atoms with Crippen LogP contribution < -0.4 is 0 Å². The first kappa shape index (κ1) is 12.1. The molecule has 0 saturated carbocycles. The van der Waals surface area contributed by atoms with Crippen molar-refractivity contribution >= 4 is 21.9 Å². The molecule has 0 radical (unpaired) electrons. The van der Waals surface area contributed by atoms with Gasteiger partial charge in [-0.3, -0.25) is 4.79 Å². The molecule has 0 bridgehead atoms. The Hall–Kier alpha value is -0.970. The van der Waals surface area contributed by atoms with E-state index in [2.05, 4.69) is 25.9 Å². The third kappa shape index (κ3) is 3.27. The molecule has 5 heteroatoms. The standard InChI is InChI=1S/C10H13BrN2O2/c1-3-8-12-5-7(11)10(13-8)6(2)4-9(14)15/h5-6H,3-4H2,1-2H3,(H,14,15). The molecule has 1 heterocycles. The van der Waals surface area contributed by atoms with Crippen molar-refractivity contribution in [3.63, 3.8) is 0 Å². The lowest BCUT2D eigenvalue weighted by molar-refractivity contribution is -0.137. The average Bonchev–Trinajstić information content (AvgIpc) is 2.17. The number of aromatic nitrogens is 2. The second kappa shape index (κ2) is 5.21. The first-order valence-corrected chi connectivity index (χ1v) is 5.57. The second-order valence-electron chi connectivity index (χ2n) is 3.37. The van der Waals surface area contributed by atoms with Crippen molar-refractivity contribution in [3.8, 4) is 0 Å². The SMILES string of the molecule is CCc1ncc(Br)c(C(C)CC(=O)O)n1. The van der Waals surface area contributed by atoms with E-state index in [1.54, 1.807) is 6.20 Å². The normalized spacial score (nSPS) is 12.5. The Morgan fingerprint density at radius 1 is 1.67 bits per heavy atom. The summed E-state index contributed by atoms with van der Waals surface area (Å²) in [5.41, 5.74) is 0.768. The lowest BCUT2D eigenvalue weighted by Gasteiger charge is -2.10. The van der Waals surface area contributed by atoms with Crippen molar-refractivity contribution in [2.75, 3.05) is 0 Å². The molecule has 1 unspecified atom stereocenters. The first-order chi connectivity index (χ1) is 7.04. The molecule has 0 spiro atoms. The highest BCUT2D eigenvalue weighted by Gasteiger charge is 2.15. The van der Waals surface area contributed by atoms with Crippen LogP contribution in [0.25, 0.3) is 0 Å². The molecule has 4 nitrogen and oxygen atoms in total. The molecule has 1 N–H and O–H groups in total. The van der Waals surface area contributed by atoms with Crippen molar-refractivity contribution in [1.29, 1.82) is 0 Å². The van der Waals surface area contributed by atoms with E-state index in [0.29, 0.717) is 0 Å². The fourth-order valence-electron chi connectivity index (χ4n) is 1.29. The summed E-state index contributed by atoms with van der Waals surface area (Å²) in [5.74, 6) is -0.179. The topological polar surface area (TPSA) is 63.1 Å². The van der Waals surface area contributed by atoms with Gasteiger partial charge in [-0.2, -0.15) is 0 Å². The fraction of sp³-hybridized carbons (Fsp3) is 0.500. The van der Waals surface area contributed by atoms with Gasteiger partial charge in [0.2, 0.25) is 0 Å². The lowest BCUT2D eigenvalue weighted by Crippen LogP contribution is -2.07. The van der Waals surface area contributed by atoms with Gasteiger partial charge < -0.3 is 5.11 Å². The van der Waals surface area contributed by atoms with Gasteiger partial charge in [-0.1, -0.05) is 13.8 Å². The summed E-state index contributed by atoms with van der Waals surface area (Å²) in [6.07, 6.45) is 2.51. The molecular weight excluding hydrogens is 260 g/mol. The van der Waals surface area contributed by atoms with E-state index in [-0.39, 0.29) is 12.3 Å². The van der Waals surface area contributed by atoms with Crippen LogP contribution in [-0.2, 0) is 11.2 Å². The number of nitrogens with zero attached hydrogens (tertiary/aromatic N) is 2. The molecule has 1 aromatic heterocycles. The van der Waals surface area contributed by atoms with E-state index < -0.39 is 5.97 Å². The number of aliphatic carboxylic acids is 1. The van der Waals surface area contributed by atoms with Crippen molar-refractivity contribution in [1.82, 2.24) is 9.97 Å². The third-order valence-corrected chi connectivity index (χ3v) is 2.70. The van der Waals surface area contributed by atoms with Crippen molar-refractivity contribution in [3.05, 3.63) is 22.2 Å². The van der Waals surface area contributed by atoms with E-state index in [4.69, 9.17) is 5.11 Å². The van der Waals surface area contributed by atoms with Gasteiger partial charge in [-0.05, 0) is 15.9 Å². The van der Waals surface area contributed by atoms with E-state index in [1.807, 2.05) is 13.8 Å². The van der Waals surface area contributed by atoms with Crippen molar-refractivity contribution in [2.24, 2.45) is 0 Å². The lowest BCUT2D eigenvalue weighted by atomic mass is 10.0. The van der Waals surface area contributed by atoms with Gasteiger partial charge in [0.15, 0.2) is 0 Å². The molecule has 82 valence electrons. The zero-order chi connectivity index (χ0) is 11.4. The van der Waals surface area contributed by atoms with Crippen LogP contribution >= 0.6 is 15.9 Å². The Morgan fingerprint density at radius 2 is 2.33 bits per heavy atom. The van der Waals surface area contributed by atoms with Gasteiger partial charge in [0.05, 0.1) is 16.6 Å². The summed E-state index contributed by atoms with van der Waals surface area (Å²) >= 11 is 3.33.